The lowest BCUT2D eigenvalue weighted by Crippen LogP contribution is -2.45. The zero-order valence-corrected chi connectivity index (χ0v) is 17.1. The van der Waals surface area contributed by atoms with Crippen molar-refractivity contribution in [2.75, 3.05) is 44.3 Å². The number of carbonyl (C=O) groups is 1. The van der Waals surface area contributed by atoms with Gasteiger partial charge in [0.05, 0.1) is 25.3 Å². The molecule has 1 aliphatic carbocycles. The number of nitrogens with one attached hydrogen (secondary N) is 1. The highest BCUT2D eigenvalue weighted by Gasteiger charge is 2.44. The van der Waals surface area contributed by atoms with Crippen LogP contribution >= 0.6 is 0 Å². The summed E-state index contributed by atoms with van der Waals surface area (Å²) in [6, 6.07) is 3.80. The van der Waals surface area contributed by atoms with Gasteiger partial charge >= 0.3 is 0 Å². The summed E-state index contributed by atoms with van der Waals surface area (Å²) in [5, 5.41) is 0. The number of amides is 1. The molecule has 2 aliphatic heterocycles. The van der Waals surface area contributed by atoms with Crippen LogP contribution in [0, 0.1) is 0 Å². The van der Waals surface area contributed by atoms with Gasteiger partial charge in [-0.3, -0.25) is 19.6 Å². The largest absolute Gasteiger partial charge is 0.378 e. The molecular formula is C22H27N5O3. The van der Waals surface area contributed by atoms with Crippen LogP contribution < -0.4 is 10.5 Å². The summed E-state index contributed by atoms with van der Waals surface area (Å²) in [6.45, 7) is 4.20. The fraction of sp³-hybridized carbons (Fsp3) is 0.545. The van der Waals surface area contributed by atoms with E-state index in [4.69, 9.17) is 9.72 Å². The summed E-state index contributed by atoms with van der Waals surface area (Å²) < 4.78 is 5.43. The molecule has 0 unspecified atom stereocenters. The molecule has 1 N–H and O–H groups in total. The Hall–Kier alpha value is -2.74. The van der Waals surface area contributed by atoms with E-state index in [1.807, 2.05) is 17.0 Å². The van der Waals surface area contributed by atoms with E-state index in [1.54, 1.807) is 12.4 Å². The molecule has 3 aliphatic rings. The predicted octanol–water partition coefficient (Wildman–Crippen LogP) is 1.05. The summed E-state index contributed by atoms with van der Waals surface area (Å²) in [5.41, 5.74) is 2.65. The molecule has 8 heteroatoms. The third-order valence-corrected chi connectivity index (χ3v) is 6.82. The number of piperidine rings is 1. The molecule has 5 rings (SSSR count). The first kappa shape index (κ1) is 19.2. The van der Waals surface area contributed by atoms with Gasteiger partial charge in [0.25, 0.3) is 5.56 Å². The number of hydrogen-bond donors (Lipinski definition) is 1. The molecular weight excluding hydrogens is 382 g/mol. The second-order valence-electron chi connectivity index (χ2n) is 8.52. The Balaban J connectivity index is 1.32. The van der Waals surface area contributed by atoms with E-state index >= 15 is 0 Å². The molecule has 8 nitrogen and oxygen atoms in total. The number of hydrogen-bond acceptors (Lipinski definition) is 6. The van der Waals surface area contributed by atoms with Crippen molar-refractivity contribution in [2.24, 2.45) is 0 Å². The van der Waals surface area contributed by atoms with Crippen LogP contribution in [0.3, 0.4) is 0 Å². The maximum absolute atomic E-state index is 12.8. The zero-order chi connectivity index (χ0) is 20.6. The lowest BCUT2D eigenvalue weighted by atomic mass is 9.76. The van der Waals surface area contributed by atoms with Gasteiger partial charge in [-0.2, -0.15) is 0 Å². The molecule has 158 valence electrons. The number of ether oxygens (including phenoxy) is 1. The maximum atomic E-state index is 12.8. The van der Waals surface area contributed by atoms with Gasteiger partial charge in [0.1, 0.15) is 0 Å². The summed E-state index contributed by atoms with van der Waals surface area (Å²) in [7, 11) is 0. The van der Waals surface area contributed by atoms with Crippen molar-refractivity contribution in [3.8, 4) is 0 Å². The van der Waals surface area contributed by atoms with Crippen molar-refractivity contribution in [1.29, 1.82) is 0 Å². The van der Waals surface area contributed by atoms with Crippen molar-refractivity contribution in [2.45, 2.75) is 37.5 Å². The number of likely N-dealkylation sites (tertiary alicyclic amines) is 1. The second kappa shape index (κ2) is 7.83. The molecule has 0 aromatic carbocycles. The third-order valence-electron chi connectivity index (χ3n) is 6.82. The highest BCUT2D eigenvalue weighted by molar-refractivity contribution is 5.78. The van der Waals surface area contributed by atoms with Gasteiger partial charge in [0.2, 0.25) is 11.9 Å². The Morgan fingerprint density at radius 1 is 1.17 bits per heavy atom. The molecule has 0 radical (unpaired) electrons. The Labute approximate surface area is 175 Å². The Bertz CT molecular complexity index is 976. The van der Waals surface area contributed by atoms with Gasteiger partial charge in [-0.1, -0.05) is 6.07 Å². The highest BCUT2D eigenvalue weighted by Crippen LogP contribution is 2.44. The van der Waals surface area contributed by atoms with Crippen molar-refractivity contribution in [1.82, 2.24) is 19.9 Å². The molecule has 0 bridgehead atoms. The number of rotatable bonds is 3. The number of anilines is 1. The average Bonchev–Trinajstić information content (AvgIpc) is 3.14. The topological polar surface area (TPSA) is 91.4 Å². The highest BCUT2D eigenvalue weighted by atomic mass is 16.5. The van der Waals surface area contributed by atoms with Gasteiger partial charge < -0.3 is 14.5 Å². The Kier molecular flexibility index (Phi) is 5.02. The molecule has 0 atom stereocenters. The number of aromatic nitrogens is 3. The molecule has 2 aromatic rings. The van der Waals surface area contributed by atoms with Crippen LogP contribution in [0.2, 0.25) is 0 Å². The van der Waals surface area contributed by atoms with Crippen LogP contribution in [-0.4, -0.2) is 65.2 Å². The fourth-order valence-electron chi connectivity index (χ4n) is 5.02. The van der Waals surface area contributed by atoms with Crippen molar-refractivity contribution < 1.29 is 9.53 Å². The minimum absolute atomic E-state index is 0.00606. The molecule has 30 heavy (non-hydrogen) atoms. The minimum atomic E-state index is -0.0876. The van der Waals surface area contributed by atoms with Crippen LogP contribution in [0.1, 0.15) is 36.1 Å². The number of pyridine rings is 1. The number of morpholine rings is 1. The van der Waals surface area contributed by atoms with Gasteiger partial charge in [0, 0.05) is 49.6 Å². The van der Waals surface area contributed by atoms with Crippen molar-refractivity contribution in [3.63, 3.8) is 0 Å². The Morgan fingerprint density at radius 2 is 1.97 bits per heavy atom. The summed E-state index contributed by atoms with van der Waals surface area (Å²) in [6.07, 6.45) is 7.28. The smallest absolute Gasteiger partial charge is 0.255 e. The van der Waals surface area contributed by atoms with Crippen LogP contribution in [0.15, 0.2) is 29.3 Å². The Morgan fingerprint density at radius 3 is 2.70 bits per heavy atom. The molecule has 0 saturated carbocycles. The van der Waals surface area contributed by atoms with Gasteiger partial charge in [-0.05, 0) is 37.3 Å². The molecule has 1 spiro atoms. The zero-order valence-electron chi connectivity index (χ0n) is 17.1. The monoisotopic (exact) mass is 409 g/mol. The van der Waals surface area contributed by atoms with E-state index in [0.717, 1.165) is 55.6 Å². The lowest BCUT2D eigenvalue weighted by Gasteiger charge is -2.39. The summed E-state index contributed by atoms with van der Waals surface area (Å²) in [5.74, 6) is 0.808. The first-order valence-corrected chi connectivity index (χ1v) is 10.8. The first-order chi connectivity index (χ1) is 14.6. The normalized spacial score (nSPS) is 20.4. The second-order valence-corrected chi connectivity index (χ2v) is 8.52. The SMILES string of the molecule is O=C(Cc1cccnc1)N1CCC2(CCc3c2nc(N2CCOCC2)[nH]c3=O)CC1. The lowest BCUT2D eigenvalue weighted by molar-refractivity contribution is -0.132. The van der Waals surface area contributed by atoms with E-state index in [9.17, 15) is 9.59 Å². The fourth-order valence-corrected chi connectivity index (χ4v) is 5.02. The number of H-pyrrole nitrogens is 1. The third kappa shape index (κ3) is 3.49. The first-order valence-electron chi connectivity index (χ1n) is 10.8. The van der Waals surface area contributed by atoms with Crippen LogP contribution in [-0.2, 0) is 27.8 Å². The molecule has 2 fully saturated rings. The van der Waals surface area contributed by atoms with Gasteiger partial charge in [0.15, 0.2) is 0 Å². The summed E-state index contributed by atoms with van der Waals surface area (Å²) >= 11 is 0. The van der Waals surface area contributed by atoms with E-state index in [2.05, 4.69) is 14.9 Å². The number of aromatic amines is 1. The van der Waals surface area contributed by atoms with E-state index in [1.165, 1.54) is 0 Å². The molecule has 2 saturated heterocycles. The van der Waals surface area contributed by atoms with Crippen LogP contribution in [0.5, 0.6) is 0 Å². The van der Waals surface area contributed by atoms with E-state index in [-0.39, 0.29) is 16.9 Å². The minimum Gasteiger partial charge on any atom is -0.378 e. The molecule has 2 aromatic heterocycles. The van der Waals surface area contributed by atoms with E-state index < -0.39 is 0 Å². The van der Waals surface area contributed by atoms with Crippen molar-refractivity contribution >= 4 is 11.9 Å². The average molecular weight is 409 g/mol. The standard InChI is InChI=1S/C22H27N5O3/c28-18(14-16-2-1-7-23-15-16)26-8-5-22(6-9-26)4-3-17-19(22)24-21(25-20(17)29)27-10-12-30-13-11-27/h1-2,7,15H,3-6,8-14H2,(H,24,25,29). The number of carbonyl (C=O) groups excluding carboxylic acids is 1. The number of fused-ring (bicyclic) bond motifs is 2. The van der Waals surface area contributed by atoms with Gasteiger partial charge in [-0.25, -0.2) is 4.98 Å². The molecule has 4 heterocycles. The van der Waals surface area contributed by atoms with Crippen LogP contribution in [0.4, 0.5) is 5.95 Å². The molecule has 1 amide bonds. The predicted molar refractivity (Wildman–Crippen MR) is 112 cm³/mol. The van der Waals surface area contributed by atoms with Crippen molar-refractivity contribution in [3.05, 3.63) is 51.7 Å². The maximum Gasteiger partial charge on any atom is 0.255 e. The quantitative estimate of drug-likeness (QED) is 0.815. The summed E-state index contributed by atoms with van der Waals surface area (Å²) in [4.78, 5) is 41.6. The van der Waals surface area contributed by atoms with Crippen LogP contribution in [0.25, 0.3) is 0 Å². The number of nitrogens with zero attached hydrogens (tertiary/aromatic N) is 4. The van der Waals surface area contributed by atoms with E-state index in [0.29, 0.717) is 38.7 Å². The van der Waals surface area contributed by atoms with Gasteiger partial charge in [-0.15, -0.1) is 0 Å².